The monoisotopic (exact) mass is 330 g/mol. The molecule has 1 amide bonds. The van der Waals surface area contributed by atoms with Crippen molar-refractivity contribution >= 4 is 17.2 Å². The van der Waals surface area contributed by atoms with Gasteiger partial charge >= 0.3 is 0 Å². The van der Waals surface area contributed by atoms with Crippen LogP contribution in [0.25, 0.3) is 11.3 Å². The normalized spacial score (nSPS) is 23.9. The smallest absolute Gasteiger partial charge is 0.251 e. The van der Waals surface area contributed by atoms with Crippen molar-refractivity contribution in [3.8, 4) is 11.3 Å². The molecular weight excluding hydrogens is 308 g/mol. The molecule has 1 heterocycles. The molecule has 122 valence electrons. The van der Waals surface area contributed by atoms with Crippen molar-refractivity contribution in [1.82, 2.24) is 10.3 Å². The number of hydrogen-bond acceptors (Lipinski definition) is 4. The Morgan fingerprint density at radius 3 is 3.04 bits per heavy atom. The Morgan fingerprint density at radius 2 is 2.35 bits per heavy atom. The van der Waals surface area contributed by atoms with Gasteiger partial charge < -0.3 is 10.4 Å². The Labute approximate surface area is 140 Å². The first-order valence-electron chi connectivity index (χ1n) is 7.96. The third-order valence-corrected chi connectivity index (χ3v) is 5.56. The summed E-state index contributed by atoms with van der Waals surface area (Å²) in [5.41, 5.74) is 2.29. The molecule has 1 aliphatic rings. The summed E-state index contributed by atoms with van der Waals surface area (Å²) < 4.78 is 0. The molecule has 1 aromatic carbocycles. The first kappa shape index (κ1) is 16.1. The number of thiazole rings is 1. The van der Waals surface area contributed by atoms with Crippen molar-refractivity contribution in [2.75, 3.05) is 6.61 Å². The molecule has 23 heavy (non-hydrogen) atoms. The van der Waals surface area contributed by atoms with Gasteiger partial charge in [-0.25, -0.2) is 4.98 Å². The van der Waals surface area contributed by atoms with E-state index in [9.17, 15) is 9.90 Å². The van der Waals surface area contributed by atoms with Crippen molar-refractivity contribution < 1.29 is 9.90 Å². The first-order valence-corrected chi connectivity index (χ1v) is 8.84. The number of benzene rings is 1. The number of carbonyl (C=O) groups excluding carboxylic acids is 1. The highest BCUT2D eigenvalue weighted by molar-refractivity contribution is 7.09. The molecule has 0 saturated heterocycles. The summed E-state index contributed by atoms with van der Waals surface area (Å²) in [5, 5.41) is 15.7. The van der Waals surface area contributed by atoms with E-state index in [1.807, 2.05) is 43.5 Å². The second-order valence-corrected chi connectivity index (χ2v) is 7.63. The molecule has 0 aliphatic heterocycles. The Kier molecular flexibility index (Phi) is 4.50. The third-order valence-electron chi connectivity index (χ3n) is 4.79. The quantitative estimate of drug-likeness (QED) is 0.903. The summed E-state index contributed by atoms with van der Waals surface area (Å²) in [6, 6.07) is 7.60. The average molecular weight is 330 g/mol. The minimum absolute atomic E-state index is 0.0326. The zero-order chi connectivity index (χ0) is 16.4. The van der Waals surface area contributed by atoms with Crippen molar-refractivity contribution in [1.29, 1.82) is 0 Å². The Morgan fingerprint density at radius 1 is 1.52 bits per heavy atom. The molecule has 0 radical (unpaired) electrons. The lowest BCUT2D eigenvalue weighted by Crippen LogP contribution is -2.44. The molecule has 4 nitrogen and oxygen atoms in total. The van der Waals surface area contributed by atoms with E-state index in [-0.39, 0.29) is 24.0 Å². The van der Waals surface area contributed by atoms with Gasteiger partial charge in [0.25, 0.3) is 5.91 Å². The van der Waals surface area contributed by atoms with Crippen LogP contribution in [0.15, 0.2) is 29.6 Å². The van der Waals surface area contributed by atoms with Crippen molar-refractivity contribution in [3.63, 3.8) is 0 Å². The average Bonchev–Trinajstić information content (AvgIpc) is 3.15. The highest BCUT2D eigenvalue weighted by Crippen LogP contribution is 2.37. The Hall–Kier alpha value is -1.72. The van der Waals surface area contributed by atoms with E-state index in [1.54, 1.807) is 11.3 Å². The van der Waals surface area contributed by atoms with E-state index >= 15 is 0 Å². The summed E-state index contributed by atoms with van der Waals surface area (Å²) in [4.78, 5) is 17.1. The lowest BCUT2D eigenvalue weighted by Gasteiger charge is -2.30. The van der Waals surface area contributed by atoms with Crippen molar-refractivity contribution in [2.24, 2.45) is 5.41 Å². The summed E-state index contributed by atoms with van der Waals surface area (Å²) in [5.74, 6) is -0.0784. The van der Waals surface area contributed by atoms with Gasteiger partial charge in [0.1, 0.15) is 0 Å². The number of aryl methyl sites for hydroxylation is 1. The topological polar surface area (TPSA) is 62.2 Å². The molecule has 0 spiro atoms. The maximum absolute atomic E-state index is 12.6. The predicted octanol–water partition coefficient (Wildman–Crippen LogP) is 3.40. The van der Waals surface area contributed by atoms with Crippen molar-refractivity contribution in [2.45, 2.75) is 39.2 Å². The zero-order valence-corrected chi connectivity index (χ0v) is 14.3. The van der Waals surface area contributed by atoms with E-state index in [1.165, 1.54) is 0 Å². The summed E-state index contributed by atoms with van der Waals surface area (Å²) in [6.07, 6.45) is 2.92. The maximum atomic E-state index is 12.6. The summed E-state index contributed by atoms with van der Waals surface area (Å²) in [7, 11) is 0. The lowest BCUT2D eigenvalue weighted by atomic mass is 9.85. The highest BCUT2D eigenvalue weighted by atomic mass is 32.1. The number of hydrogen-bond donors (Lipinski definition) is 2. The number of aliphatic hydroxyl groups excluding tert-OH is 1. The minimum Gasteiger partial charge on any atom is -0.396 e. The molecule has 1 aliphatic carbocycles. The Balaban J connectivity index is 1.78. The third kappa shape index (κ3) is 3.31. The van der Waals surface area contributed by atoms with Gasteiger partial charge in [-0.15, -0.1) is 11.3 Å². The van der Waals surface area contributed by atoms with Crippen LogP contribution in [-0.2, 0) is 0 Å². The standard InChI is InChI=1S/C18H22N2O2S/c1-12-19-15(10-23-12)13-5-3-6-14(9-13)17(22)20-16-7-4-8-18(16,2)11-21/h3,5-6,9-10,16,21H,4,7-8,11H2,1-2H3,(H,20,22). The molecule has 2 aromatic rings. The second-order valence-electron chi connectivity index (χ2n) is 6.56. The number of aliphatic hydroxyl groups is 1. The molecule has 2 atom stereocenters. The minimum atomic E-state index is -0.209. The number of aromatic nitrogens is 1. The molecule has 0 bridgehead atoms. The molecule has 2 unspecified atom stereocenters. The number of nitrogens with zero attached hydrogens (tertiary/aromatic N) is 1. The fraction of sp³-hybridized carbons (Fsp3) is 0.444. The van der Waals surface area contributed by atoms with Crippen LogP contribution in [0, 0.1) is 12.3 Å². The number of rotatable bonds is 4. The summed E-state index contributed by atoms with van der Waals surface area (Å²) in [6.45, 7) is 4.12. The number of amides is 1. The van der Waals surface area contributed by atoms with Gasteiger partial charge in [-0.1, -0.05) is 25.5 Å². The zero-order valence-electron chi connectivity index (χ0n) is 13.5. The van der Waals surface area contributed by atoms with Gasteiger partial charge in [-0.2, -0.15) is 0 Å². The van der Waals surface area contributed by atoms with E-state index in [4.69, 9.17) is 0 Å². The van der Waals surface area contributed by atoms with Gasteiger partial charge in [-0.05, 0) is 31.9 Å². The lowest BCUT2D eigenvalue weighted by molar-refractivity contribution is 0.0830. The highest BCUT2D eigenvalue weighted by Gasteiger charge is 2.39. The fourth-order valence-electron chi connectivity index (χ4n) is 3.23. The number of nitrogens with one attached hydrogen (secondary N) is 1. The van der Waals surface area contributed by atoms with Crippen LogP contribution in [0.5, 0.6) is 0 Å². The van der Waals surface area contributed by atoms with Crippen LogP contribution >= 0.6 is 11.3 Å². The van der Waals surface area contributed by atoms with Crippen LogP contribution in [0.3, 0.4) is 0 Å². The van der Waals surface area contributed by atoms with Gasteiger partial charge in [0.15, 0.2) is 0 Å². The van der Waals surface area contributed by atoms with Crippen LogP contribution in [0.4, 0.5) is 0 Å². The first-order chi connectivity index (χ1) is 11.0. The van der Waals surface area contributed by atoms with Gasteiger partial charge in [0.2, 0.25) is 0 Å². The van der Waals surface area contributed by atoms with Crippen molar-refractivity contribution in [3.05, 3.63) is 40.2 Å². The van der Waals surface area contributed by atoms with Crippen LogP contribution in [0.2, 0.25) is 0 Å². The molecule has 1 saturated carbocycles. The molecule has 1 aromatic heterocycles. The predicted molar refractivity (Wildman–Crippen MR) is 92.6 cm³/mol. The van der Waals surface area contributed by atoms with E-state index in [2.05, 4.69) is 10.3 Å². The molecule has 3 rings (SSSR count). The van der Waals surface area contributed by atoms with Crippen LogP contribution in [0.1, 0.15) is 41.6 Å². The maximum Gasteiger partial charge on any atom is 0.251 e. The second kappa shape index (κ2) is 6.42. The fourth-order valence-corrected chi connectivity index (χ4v) is 3.85. The molecule has 5 heteroatoms. The van der Waals surface area contributed by atoms with Gasteiger partial charge in [-0.3, -0.25) is 4.79 Å². The molecule has 1 fully saturated rings. The van der Waals surface area contributed by atoms with E-state index in [0.717, 1.165) is 35.5 Å². The summed E-state index contributed by atoms with van der Waals surface area (Å²) >= 11 is 1.60. The SMILES string of the molecule is Cc1nc(-c2cccc(C(=O)NC3CCCC3(C)CO)c2)cs1. The molecular formula is C18H22N2O2S. The van der Waals surface area contributed by atoms with E-state index in [0.29, 0.717) is 5.56 Å². The van der Waals surface area contributed by atoms with E-state index < -0.39 is 0 Å². The Bertz CT molecular complexity index is 713. The van der Waals surface area contributed by atoms with Crippen LogP contribution in [-0.4, -0.2) is 28.6 Å². The van der Waals surface area contributed by atoms with Gasteiger partial charge in [0.05, 0.1) is 17.3 Å². The molecule has 2 N–H and O–H groups in total. The van der Waals surface area contributed by atoms with Crippen LogP contribution < -0.4 is 5.32 Å². The number of carbonyl (C=O) groups is 1. The van der Waals surface area contributed by atoms with Gasteiger partial charge in [0, 0.05) is 28.0 Å². The largest absolute Gasteiger partial charge is 0.396 e.